The molecule has 0 bridgehead atoms. The number of amides is 2. The maximum atomic E-state index is 12.3. The minimum atomic E-state index is -0.0717. The Kier molecular flexibility index (Phi) is 6.07. The molecule has 23 heavy (non-hydrogen) atoms. The molecule has 3 atom stereocenters. The van der Waals surface area contributed by atoms with E-state index in [1.165, 1.54) is 5.75 Å². The normalized spacial score (nSPS) is 33.5. The molecule has 3 fully saturated rings. The number of nitrogens with one attached hydrogen (secondary N) is 2. The summed E-state index contributed by atoms with van der Waals surface area (Å²) in [6, 6.07) is -0.00711. The SMILES string of the molecule is C[C@H](NC(=O)NC[C@]1(N2CCOCC2)CCSC1)[C@H]1CCCO1. The van der Waals surface area contributed by atoms with Crippen LogP contribution in [0, 0.1) is 0 Å². The van der Waals surface area contributed by atoms with E-state index in [9.17, 15) is 4.79 Å². The van der Waals surface area contributed by atoms with Crippen molar-refractivity contribution < 1.29 is 14.3 Å². The van der Waals surface area contributed by atoms with Crippen molar-refractivity contribution in [3.8, 4) is 0 Å². The van der Waals surface area contributed by atoms with Crippen LogP contribution in [0.5, 0.6) is 0 Å². The monoisotopic (exact) mass is 343 g/mol. The molecular weight excluding hydrogens is 314 g/mol. The van der Waals surface area contributed by atoms with Crippen LogP contribution >= 0.6 is 11.8 Å². The zero-order valence-electron chi connectivity index (χ0n) is 14.0. The van der Waals surface area contributed by atoms with Crippen molar-refractivity contribution in [3.05, 3.63) is 0 Å². The van der Waals surface area contributed by atoms with E-state index < -0.39 is 0 Å². The van der Waals surface area contributed by atoms with Gasteiger partial charge >= 0.3 is 6.03 Å². The lowest BCUT2D eigenvalue weighted by Crippen LogP contribution is -2.60. The highest BCUT2D eigenvalue weighted by atomic mass is 32.2. The van der Waals surface area contributed by atoms with E-state index in [2.05, 4.69) is 15.5 Å². The molecule has 3 saturated heterocycles. The van der Waals surface area contributed by atoms with Gasteiger partial charge in [-0.25, -0.2) is 4.79 Å². The lowest BCUT2D eigenvalue weighted by Gasteiger charge is -2.43. The third-order valence-electron chi connectivity index (χ3n) is 5.22. The van der Waals surface area contributed by atoms with Crippen LogP contribution in [0.15, 0.2) is 0 Å². The second-order valence-corrected chi connectivity index (χ2v) is 7.90. The van der Waals surface area contributed by atoms with Crippen molar-refractivity contribution >= 4 is 17.8 Å². The third kappa shape index (κ3) is 4.32. The van der Waals surface area contributed by atoms with Crippen LogP contribution in [0.4, 0.5) is 4.79 Å². The van der Waals surface area contributed by atoms with Crippen molar-refractivity contribution in [1.29, 1.82) is 0 Å². The van der Waals surface area contributed by atoms with Crippen molar-refractivity contribution in [2.24, 2.45) is 0 Å². The van der Waals surface area contributed by atoms with Crippen LogP contribution in [-0.2, 0) is 9.47 Å². The summed E-state index contributed by atoms with van der Waals surface area (Å²) in [6.45, 7) is 7.09. The zero-order chi connectivity index (χ0) is 16.1. The molecule has 3 aliphatic heterocycles. The third-order valence-corrected chi connectivity index (χ3v) is 6.46. The second-order valence-electron chi connectivity index (χ2n) is 6.79. The van der Waals surface area contributed by atoms with Gasteiger partial charge in [0.2, 0.25) is 0 Å². The number of ether oxygens (including phenoxy) is 2. The quantitative estimate of drug-likeness (QED) is 0.782. The van der Waals surface area contributed by atoms with Gasteiger partial charge in [0.05, 0.1) is 25.4 Å². The van der Waals surface area contributed by atoms with Gasteiger partial charge in [-0.1, -0.05) is 0 Å². The predicted octanol–water partition coefficient (Wildman–Crippen LogP) is 1.06. The highest BCUT2D eigenvalue weighted by Gasteiger charge is 2.41. The fourth-order valence-electron chi connectivity index (χ4n) is 3.73. The van der Waals surface area contributed by atoms with Crippen LogP contribution in [0.2, 0.25) is 0 Å². The maximum absolute atomic E-state index is 12.3. The summed E-state index contributed by atoms with van der Waals surface area (Å²) in [5, 5.41) is 6.16. The number of hydrogen-bond donors (Lipinski definition) is 2. The number of rotatable bonds is 5. The first-order valence-electron chi connectivity index (χ1n) is 8.76. The molecule has 0 aromatic heterocycles. The minimum absolute atomic E-state index is 0.0646. The highest BCUT2D eigenvalue weighted by Crippen LogP contribution is 2.33. The summed E-state index contributed by atoms with van der Waals surface area (Å²) in [5.74, 6) is 2.27. The first-order chi connectivity index (χ1) is 11.2. The number of hydrogen-bond acceptors (Lipinski definition) is 5. The van der Waals surface area contributed by atoms with E-state index in [1.807, 2.05) is 18.7 Å². The van der Waals surface area contributed by atoms with Gasteiger partial charge in [-0.05, 0) is 31.9 Å². The lowest BCUT2D eigenvalue weighted by molar-refractivity contribution is -0.0125. The molecule has 3 heterocycles. The van der Waals surface area contributed by atoms with E-state index >= 15 is 0 Å². The Hall–Kier alpha value is -0.500. The lowest BCUT2D eigenvalue weighted by atomic mass is 9.95. The second kappa shape index (κ2) is 8.05. The molecule has 0 aromatic rings. The van der Waals surface area contributed by atoms with Gasteiger partial charge in [-0.2, -0.15) is 11.8 Å². The van der Waals surface area contributed by atoms with Gasteiger partial charge in [-0.3, -0.25) is 4.90 Å². The first kappa shape index (κ1) is 17.3. The Morgan fingerprint density at radius 2 is 2.22 bits per heavy atom. The molecule has 3 aliphatic rings. The van der Waals surface area contributed by atoms with Crippen molar-refractivity contribution in [3.63, 3.8) is 0 Å². The van der Waals surface area contributed by atoms with E-state index in [1.54, 1.807) is 0 Å². The van der Waals surface area contributed by atoms with Crippen molar-refractivity contribution in [2.75, 3.05) is 51.0 Å². The Morgan fingerprint density at radius 3 is 2.87 bits per heavy atom. The molecule has 7 heteroatoms. The van der Waals surface area contributed by atoms with E-state index in [0.29, 0.717) is 6.54 Å². The largest absolute Gasteiger partial charge is 0.379 e. The molecule has 0 spiro atoms. The molecule has 0 unspecified atom stereocenters. The summed E-state index contributed by atoms with van der Waals surface area (Å²) >= 11 is 1.99. The molecular formula is C16H29N3O3S. The topological polar surface area (TPSA) is 62.8 Å². The van der Waals surface area contributed by atoms with Gasteiger partial charge in [0.15, 0.2) is 0 Å². The fourth-order valence-corrected chi connectivity index (χ4v) is 5.20. The Bertz CT molecular complexity index is 392. The first-order valence-corrected chi connectivity index (χ1v) is 9.92. The molecule has 0 aliphatic carbocycles. The van der Waals surface area contributed by atoms with Crippen LogP contribution in [0.25, 0.3) is 0 Å². The molecule has 0 aromatic carbocycles. The van der Waals surface area contributed by atoms with Crippen LogP contribution < -0.4 is 10.6 Å². The smallest absolute Gasteiger partial charge is 0.315 e. The van der Waals surface area contributed by atoms with Crippen molar-refractivity contribution in [2.45, 2.75) is 43.9 Å². The molecule has 132 valence electrons. The molecule has 2 amide bonds. The minimum Gasteiger partial charge on any atom is -0.379 e. The average molecular weight is 343 g/mol. The number of carbonyl (C=O) groups is 1. The maximum Gasteiger partial charge on any atom is 0.315 e. The number of carbonyl (C=O) groups excluding carboxylic acids is 1. The zero-order valence-corrected chi connectivity index (χ0v) is 14.8. The average Bonchev–Trinajstić information content (AvgIpc) is 3.26. The standard InChI is InChI=1S/C16H29N3O3S/c1-13(14-3-2-7-22-14)18-15(20)17-11-16(4-10-23-12-16)19-5-8-21-9-6-19/h13-14H,2-12H2,1H3,(H2,17,18,20)/t13-,14+,16+/m0/s1. The number of morpholine rings is 1. The van der Waals surface area contributed by atoms with Crippen LogP contribution in [0.3, 0.4) is 0 Å². The van der Waals surface area contributed by atoms with Crippen molar-refractivity contribution in [1.82, 2.24) is 15.5 Å². The highest BCUT2D eigenvalue weighted by molar-refractivity contribution is 7.99. The molecule has 3 rings (SSSR count). The van der Waals surface area contributed by atoms with E-state index in [0.717, 1.165) is 57.9 Å². The summed E-state index contributed by atoms with van der Waals surface area (Å²) in [5.41, 5.74) is 0.0961. The Morgan fingerprint density at radius 1 is 1.39 bits per heavy atom. The Balaban J connectivity index is 1.49. The van der Waals surface area contributed by atoms with Gasteiger partial charge in [0.25, 0.3) is 0 Å². The summed E-state index contributed by atoms with van der Waals surface area (Å²) in [4.78, 5) is 14.8. The van der Waals surface area contributed by atoms with Gasteiger partial charge in [0, 0.05) is 37.5 Å². The van der Waals surface area contributed by atoms with Gasteiger partial charge in [-0.15, -0.1) is 0 Å². The van der Waals surface area contributed by atoms with Gasteiger partial charge < -0.3 is 20.1 Å². The number of thioether (sulfide) groups is 1. The van der Waals surface area contributed by atoms with Gasteiger partial charge in [0.1, 0.15) is 0 Å². The summed E-state index contributed by atoms with van der Waals surface area (Å²) in [7, 11) is 0. The van der Waals surface area contributed by atoms with Crippen LogP contribution in [0.1, 0.15) is 26.2 Å². The molecule has 2 N–H and O–H groups in total. The molecule has 0 saturated carbocycles. The molecule has 0 radical (unpaired) electrons. The fraction of sp³-hybridized carbons (Fsp3) is 0.938. The van der Waals surface area contributed by atoms with Crippen LogP contribution in [-0.4, -0.2) is 79.6 Å². The van der Waals surface area contributed by atoms with E-state index in [4.69, 9.17) is 9.47 Å². The Labute approximate surface area is 143 Å². The summed E-state index contributed by atoms with van der Waals surface area (Å²) in [6.07, 6.45) is 3.43. The molecule has 6 nitrogen and oxygen atoms in total. The summed E-state index contributed by atoms with van der Waals surface area (Å²) < 4.78 is 11.1. The predicted molar refractivity (Wildman–Crippen MR) is 92.0 cm³/mol. The number of nitrogens with zero attached hydrogens (tertiary/aromatic N) is 1. The number of urea groups is 1. The van der Waals surface area contributed by atoms with E-state index in [-0.39, 0.29) is 23.7 Å².